The molecule has 1 saturated heterocycles. The average molecular weight is 300 g/mol. The summed E-state index contributed by atoms with van der Waals surface area (Å²) in [7, 11) is 1.52. The Morgan fingerprint density at radius 3 is 2.57 bits per heavy atom. The first-order chi connectivity index (χ1) is 10.1. The van der Waals surface area contributed by atoms with E-state index < -0.39 is 11.6 Å². The predicted octanol–water partition coefficient (Wildman–Crippen LogP) is 1.68. The van der Waals surface area contributed by atoms with Gasteiger partial charge in [-0.2, -0.15) is 0 Å². The summed E-state index contributed by atoms with van der Waals surface area (Å²) < 4.78 is 32.2. The van der Waals surface area contributed by atoms with Gasteiger partial charge in [-0.3, -0.25) is 0 Å². The van der Waals surface area contributed by atoms with Crippen LogP contribution >= 0.6 is 0 Å². The maximum absolute atomic E-state index is 13.9. The first kappa shape index (κ1) is 15.3. The van der Waals surface area contributed by atoms with Crippen molar-refractivity contribution in [2.24, 2.45) is 0 Å². The number of amides is 1. The normalized spacial score (nSPS) is 15.0. The second-order valence-corrected chi connectivity index (χ2v) is 4.55. The molecule has 0 aliphatic carbocycles. The molecule has 1 aromatic rings. The van der Waals surface area contributed by atoms with Crippen LogP contribution in [-0.4, -0.2) is 55.8 Å². The Kier molecular flexibility index (Phi) is 4.77. The van der Waals surface area contributed by atoms with Gasteiger partial charge in [-0.1, -0.05) is 0 Å². The van der Waals surface area contributed by atoms with E-state index in [1.54, 1.807) is 16.7 Å². The minimum absolute atomic E-state index is 0.000720. The van der Waals surface area contributed by atoms with Crippen molar-refractivity contribution in [3.05, 3.63) is 17.7 Å². The molecular formula is C13H18F2N4O2. The van der Waals surface area contributed by atoms with Gasteiger partial charge >= 0.3 is 6.09 Å². The SMILES string of the molecule is CCOC(=O)N1CCN(c2nc(NC)c(F)cc2F)CC1. The summed E-state index contributed by atoms with van der Waals surface area (Å²) in [6.07, 6.45) is -0.374. The van der Waals surface area contributed by atoms with Crippen LogP contribution in [0.5, 0.6) is 0 Å². The zero-order chi connectivity index (χ0) is 15.4. The van der Waals surface area contributed by atoms with E-state index in [2.05, 4.69) is 10.3 Å². The van der Waals surface area contributed by atoms with Crippen molar-refractivity contribution < 1.29 is 18.3 Å². The van der Waals surface area contributed by atoms with Gasteiger partial charge in [-0.25, -0.2) is 18.6 Å². The van der Waals surface area contributed by atoms with E-state index in [0.717, 1.165) is 6.07 Å². The van der Waals surface area contributed by atoms with Gasteiger partial charge in [0.15, 0.2) is 23.3 Å². The van der Waals surface area contributed by atoms with Crippen molar-refractivity contribution in [2.75, 3.05) is 50.1 Å². The number of hydrogen-bond donors (Lipinski definition) is 1. The molecule has 116 valence electrons. The molecule has 0 atom stereocenters. The van der Waals surface area contributed by atoms with E-state index in [1.165, 1.54) is 7.05 Å². The quantitative estimate of drug-likeness (QED) is 0.920. The molecule has 2 heterocycles. The Morgan fingerprint density at radius 2 is 2.00 bits per heavy atom. The average Bonchev–Trinajstić information content (AvgIpc) is 2.48. The number of carbonyl (C=O) groups excluding carboxylic acids is 1. The van der Waals surface area contributed by atoms with E-state index in [4.69, 9.17) is 4.74 Å². The monoisotopic (exact) mass is 300 g/mol. The predicted molar refractivity (Wildman–Crippen MR) is 74.5 cm³/mol. The molecule has 0 aromatic carbocycles. The molecule has 6 nitrogen and oxygen atoms in total. The van der Waals surface area contributed by atoms with E-state index in [1.807, 2.05) is 0 Å². The molecule has 1 aromatic heterocycles. The van der Waals surface area contributed by atoms with Crippen molar-refractivity contribution in [1.82, 2.24) is 9.88 Å². The Morgan fingerprint density at radius 1 is 1.33 bits per heavy atom. The van der Waals surface area contributed by atoms with E-state index in [-0.39, 0.29) is 17.7 Å². The minimum atomic E-state index is -0.732. The summed E-state index contributed by atoms with van der Waals surface area (Å²) in [6.45, 7) is 3.71. The third-order valence-electron chi connectivity index (χ3n) is 3.25. The zero-order valence-electron chi connectivity index (χ0n) is 12.0. The molecule has 1 fully saturated rings. The molecule has 1 aliphatic heterocycles. The van der Waals surface area contributed by atoms with Gasteiger partial charge in [0, 0.05) is 39.3 Å². The van der Waals surface area contributed by atoms with E-state index in [9.17, 15) is 13.6 Å². The zero-order valence-corrected chi connectivity index (χ0v) is 12.0. The van der Waals surface area contributed by atoms with Crippen LogP contribution in [0.2, 0.25) is 0 Å². The molecule has 8 heteroatoms. The first-order valence-corrected chi connectivity index (χ1v) is 6.77. The van der Waals surface area contributed by atoms with Crippen LogP contribution in [0.25, 0.3) is 0 Å². The van der Waals surface area contributed by atoms with Gasteiger partial charge in [0.1, 0.15) is 0 Å². The number of nitrogens with zero attached hydrogens (tertiary/aromatic N) is 3. The van der Waals surface area contributed by atoms with E-state index >= 15 is 0 Å². The molecule has 0 saturated carbocycles. The molecule has 1 N–H and O–H groups in total. The van der Waals surface area contributed by atoms with Crippen LogP contribution in [0, 0.1) is 11.6 Å². The van der Waals surface area contributed by atoms with Crippen LogP contribution in [-0.2, 0) is 4.74 Å². The number of hydrogen-bond acceptors (Lipinski definition) is 5. The molecule has 0 unspecified atom stereocenters. The number of anilines is 2. The number of nitrogens with one attached hydrogen (secondary N) is 1. The Balaban J connectivity index is 2.07. The molecular weight excluding hydrogens is 282 g/mol. The summed E-state index contributed by atoms with van der Waals surface area (Å²) >= 11 is 0. The fourth-order valence-electron chi connectivity index (χ4n) is 2.17. The highest BCUT2D eigenvalue weighted by atomic mass is 19.1. The molecule has 1 aliphatic rings. The lowest BCUT2D eigenvalue weighted by molar-refractivity contribution is 0.105. The largest absolute Gasteiger partial charge is 0.450 e. The maximum atomic E-state index is 13.9. The molecule has 0 bridgehead atoms. The van der Waals surface area contributed by atoms with E-state index in [0.29, 0.717) is 32.8 Å². The fraction of sp³-hybridized carbons (Fsp3) is 0.538. The summed E-state index contributed by atoms with van der Waals surface area (Å²) in [5.74, 6) is -1.36. The summed E-state index contributed by atoms with van der Waals surface area (Å²) in [6, 6.07) is 0.811. The van der Waals surface area contributed by atoms with Crippen LogP contribution in [0.4, 0.5) is 25.2 Å². The third-order valence-corrected chi connectivity index (χ3v) is 3.25. The second-order valence-electron chi connectivity index (χ2n) is 4.55. The smallest absolute Gasteiger partial charge is 0.409 e. The summed E-state index contributed by atoms with van der Waals surface area (Å²) in [5.41, 5.74) is 0. The standard InChI is InChI=1S/C13H18F2N4O2/c1-3-21-13(20)19-6-4-18(5-7-19)12-10(15)8-9(14)11(16-2)17-12/h8H,3-7H2,1-2H3,(H,16,17). The highest BCUT2D eigenvalue weighted by Gasteiger charge is 2.25. The lowest BCUT2D eigenvalue weighted by Crippen LogP contribution is -2.49. The Labute approximate surface area is 121 Å². The van der Waals surface area contributed by atoms with Crippen molar-refractivity contribution >= 4 is 17.7 Å². The lowest BCUT2D eigenvalue weighted by atomic mass is 10.3. The highest BCUT2D eigenvalue weighted by Crippen LogP contribution is 2.23. The maximum Gasteiger partial charge on any atom is 0.409 e. The Bertz CT molecular complexity index is 519. The summed E-state index contributed by atoms with van der Waals surface area (Å²) in [4.78, 5) is 18.8. The second kappa shape index (κ2) is 6.55. The lowest BCUT2D eigenvalue weighted by Gasteiger charge is -2.34. The molecule has 21 heavy (non-hydrogen) atoms. The van der Waals surface area contributed by atoms with Gasteiger partial charge < -0.3 is 19.9 Å². The third kappa shape index (κ3) is 3.32. The van der Waals surface area contributed by atoms with Crippen molar-refractivity contribution in [3.63, 3.8) is 0 Å². The highest BCUT2D eigenvalue weighted by molar-refractivity contribution is 5.68. The van der Waals surface area contributed by atoms with Crippen LogP contribution < -0.4 is 10.2 Å². The van der Waals surface area contributed by atoms with Gasteiger partial charge in [0.05, 0.1) is 6.61 Å². The van der Waals surface area contributed by atoms with Crippen molar-refractivity contribution in [2.45, 2.75) is 6.92 Å². The fourth-order valence-corrected chi connectivity index (χ4v) is 2.17. The first-order valence-electron chi connectivity index (χ1n) is 6.77. The van der Waals surface area contributed by atoms with Crippen LogP contribution in [0.3, 0.4) is 0 Å². The van der Waals surface area contributed by atoms with Gasteiger partial charge in [-0.15, -0.1) is 0 Å². The molecule has 1 amide bonds. The van der Waals surface area contributed by atoms with Gasteiger partial charge in [0.25, 0.3) is 0 Å². The topological polar surface area (TPSA) is 57.7 Å². The number of pyridine rings is 1. The molecule has 0 radical (unpaired) electrons. The van der Waals surface area contributed by atoms with Gasteiger partial charge in [0.2, 0.25) is 0 Å². The number of ether oxygens (including phenoxy) is 1. The van der Waals surface area contributed by atoms with Crippen LogP contribution in [0.1, 0.15) is 6.92 Å². The summed E-state index contributed by atoms with van der Waals surface area (Å²) in [5, 5.41) is 2.58. The number of rotatable bonds is 3. The van der Waals surface area contributed by atoms with Crippen molar-refractivity contribution in [3.8, 4) is 0 Å². The van der Waals surface area contributed by atoms with Crippen LogP contribution in [0.15, 0.2) is 6.07 Å². The minimum Gasteiger partial charge on any atom is -0.450 e. The van der Waals surface area contributed by atoms with Crippen molar-refractivity contribution in [1.29, 1.82) is 0 Å². The molecule has 2 rings (SSSR count). The number of aromatic nitrogens is 1. The van der Waals surface area contributed by atoms with Gasteiger partial charge in [-0.05, 0) is 6.92 Å². The Hall–Kier alpha value is -2.12. The number of carbonyl (C=O) groups is 1. The molecule has 0 spiro atoms. The number of halogens is 2. The number of piperazine rings is 1.